The molecule has 0 saturated heterocycles. The van der Waals surface area contributed by atoms with E-state index in [9.17, 15) is 0 Å². The smallest absolute Gasteiger partial charge is 0.0391 e. The second-order valence-corrected chi connectivity index (χ2v) is 11.6. The number of rotatable bonds is 5. The van der Waals surface area contributed by atoms with E-state index in [4.69, 9.17) is 0 Å². The predicted molar refractivity (Wildman–Crippen MR) is 156 cm³/mol. The monoisotopic (exact) mass is 457 g/mol. The van der Waals surface area contributed by atoms with Crippen molar-refractivity contribution in [3.05, 3.63) is 0 Å². The normalized spacial score (nSPS) is 19.4. The molecule has 0 spiro atoms. The first-order valence-electron chi connectivity index (χ1n) is 13.4. The van der Waals surface area contributed by atoms with Gasteiger partial charge in [-0.1, -0.05) is 161 Å². The molecule has 0 atom stereocenters. The molecule has 0 aromatic heterocycles. The third-order valence-corrected chi connectivity index (χ3v) is 7.40. The van der Waals surface area contributed by atoms with Gasteiger partial charge in [0, 0.05) is 0 Å². The molecular formula is C32H72. The average Bonchev–Trinajstić information content (AvgIpc) is 3.16. The van der Waals surface area contributed by atoms with Crippen LogP contribution in [0.5, 0.6) is 0 Å². The SMILES string of the molecule is C.C.C.C.CC(C)C1CCCCC1.CC(C)CC1CCCC1.CC(C)CC1CCCCC1. The molecule has 3 aliphatic carbocycles. The molecule has 0 heterocycles. The van der Waals surface area contributed by atoms with Crippen LogP contribution in [0.2, 0.25) is 0 Å². The first kappa shape index (κ1) is 39.2. The second kappa shape index (κ2) is 24.1. The summed E-state index contributed by atoms with van der Waals surface area (Å²) in [6.45, 7) is 14.1. The molecule has 0 aromatic carbocycles. The summed E-state index contributed by atoms with van der Waals surface area (Å²) >= 11 is 0. The third kappa shape index (κ3) is 20.6. The van der Waals surface area contributed by atoms with E-state index in [1.54, 1.807) is 0 Å². The Morgan fingerprint density at radius 1 is 0.438 bits per heavy atom. The minimum Gasteiger partial charge on any atom is -0.0776 e. The van der Waals surface area contributed by atoms with Crippen LogP contribution in [-0.2, 0) is 0 Å². The van der Waals surface area contributed by atoms with Crippen LogP contribution in [-0.4, -0.2) is 0 Å². The summed E-state index contributed by atoms with van der Waals surface area (Å²) in [6, 6.07) is 0. The minimum absolute atomic E-state index is 0. The standard InChI is InChI=1S/C10H20.2C9H18.4CH4/c1-9(2)8-10-6-4-3-5-7-10;1-8(2)7-9-5-3-4-6-9;1-8(2)9-6-4-3-5-7-9;;;;/h9-10H,3-8H2,1-2H3;2*8-9H,3-7H2,1-2H3;4*1H4. The Bertz CT molecular complexity index is 322. The van der Waals surface area contributed by atoms with Gasteiger partial charge in [0.05, 0.1) is 0 Å². The van der Waals surface area contributed by atoms with Crippen LogP contribution in [0.4, 0.5) is 0 Å². The van der Waals surface area contributed by atoms with E-state index < -0.39 is 0 Å². The summed E-state index contributed by atoms with van der Waals surface area (Å²) < 4.78 is 0. The van der Waals surface area contributed by atoms with Crippen LogP contribution in [0, 0.1) is 35.5 Å². The summed E-state index contributed by atoms with van der Waals surface area (Å²) in [5, 5.41) is 0. The molecule has 0 N–H and O–H groups in total. The van der Waals surface area contributed by atoms with Crippen molar-refractivity contribution in [3.63, 3.8) is 0 Å². The topological polar surface area (TPSA) is 0 Å². The van der Waals surface area contributed by atoms with Crippen LogP contribution in [0.25, 0.3) is 0 Å². The highest BCUT2D eigenvalue weighted by Gasteiger charge is 2.16. The molecule has 0 unspecified atom stereocenters. The van der Waals surface area contributed by atoms with Crippen molar-refractivity contribution in [2.75, 3.05) is 0 Å². The van der Waals surface area contributed by atoms with Gasteiger partial charge in [0.25, 0.3) is 0 Å². The van der Waals surface area contributed by atoms with Gasteiger partial charge in [-0.3, -0.25) is 0 Å². The van der Waals surface area contributed by atoms with Crippen molar-refractivity contribution in [1.82, 2.24) is 0 Å². The Morgan fingerprint density at radius 2 is 0.719 bits per heavy atom. The fraction of sp³-hybridized carbons (Fsp3) is 1.00. The van der Waals surface area contributed by atoms with E-state index in [0.717, 1.165) is 35.5 Å². The fourth-order valence-corrected chi connectivity index (χ4v) is 5.80. The average molecular weight is 457 g/mol. The van der Waals surface area contributed by atoms with E-state index >= 15 is 0 Å². The van der Waals surface area contributed by atoms with Gasteiger partial charge in [0.2, 0.25) is 0 Å². The number of hydrogen-bond donors (Lipinski definition) is 0. The molecule has 0 aromatic rings. The highest BCUT2D eigenvalue weighted by Crippen LogP contribution is 2.30. The lowest BCUT2D eigenvalue weighted by atomic mass is 9.82. The van der Waals surface area contributed by atoms with Crippen LogP contribution in [0.3, 0.4) is 0 Å². The largest absolute Gasteiger partial charge is 0.0776 e. The molecule has 0 aliphatic heterocycles. The van der Waals surface area contributed by atoms with Crippen LogP contribution >= 0.6 is 0 Å². The number of hydrogen-bond acceptors (Lipinski definition) is 0. The maximum absolute atomic E-state index is 2.36. The Hall–Kier alpha value is 0. The van der Waals surface area contributed by atoms with Crippen molar-refractivity contribution in [2.24, 2.45) is 35.5 Å². The van der Waals surface area contributed by atoms with E-state index in [2.05, 4.69) is 41.5 Å². The van der Waals surface area contributed by atoms with Gasteiger partial charge in [-0.15, -0.1) is 0 Å². The van der Waals surface area contributed by atoms with Gasteiger partial charge in [-0.05, 0) is 48.3 Å². The minimum atomic E-state index is 0. The summed E-state index contributed by atoms with van der Waals surface area (Å²) in [5.41, 5.74) is 0. The Balaban J connectivity index is -0.000000173. The predicted octanol–water partition coefficient (Wildman–Crippen LogP) is 12.6. The fourth-order valence-electron chi connectivity index (χ4n) is 5.80. The molecule has 0 amide bonds. The highest BCUT2D eigenvalue weighted by molar-refractivity contribution is 4.69. The summed E-state index contributed by atoms with van der Waals surface area (Å²) in [6.07, 6.45) is 23.9. The molecule has 0 nitrogen and oxygen atoms in total. The van der Waals surface area contributed by atoms with E-state index in [-0.39, 0.29) is 29.7 Å². The van der Waals surface area contributed by atoms with Crippen molar-refractivity contribution in [3.8, 4) is 0 Å². The molecule has 0 radical (unpaired) electrons. The van der Waals surface area contributed by atoms with Gasteiger partial charge in [0.15, 0.2) is 0 Å². The second-order valence-electron chi connectivity index (χ2n) is 11.6. The quantitative estimate of drug-likeness (QED) is 0.385. The molecule has 3 rings (SSSR count). The molecule has 3 saturated carbocycles. The van der Waals surface area contributed by atoms with Gasteiger partial charge >= 0.3 is 0 Å². The zero-order valence-electron chi connectivity index (χ0n) is 20.8. The maximum atomic E-state index is 2.36. The van der Waals surface area contributed by atoms with Crippen molar-refractivity contribution in [2.45, 2.75) is 174 Å². The van der Waals surface area contributed by atoms with Gasteiger partial charge in [-0.25, -0.2) is 0 Å². The van der Waals surface area contributed by atoms with E-state index in [1.165, 1.54) is 103 Å². The molecule has 3 fully saturated rings. The molecule has 3 aliphatic rings. The van der Waals surface area contributed by atoms with Crippen molar-refractivity contribution in [1.29, 1.82) is 0 Å². The first-order chi connectivity index (χ1) is 13.4. The Labute approximate surface area is 209 Å². The first-order valence-corrected chi connectivity index (χ1v) is 13.4. The van der Waals surface area contributed by atoms with E-state index in [1.807, 2.05) is 0 Å². The van der Waals surface area contributed by atoms with Crippen molar-refractivity contribution < 1.29 is 0 Å². The lowest BCUT2D eigenvalue weighted by Crippen LogP contribution is -2.12. The lowest BCUT2D eigenvalue weighted by Gasteiger charge is -2.24. The Kier molecular flexibility index (Phi) is 29.6. The molecular weight excluding hydrogens is 384 g/mol. The Morgan fingerprint density at radius 3 is 0.969 bits per heavy atom. The maximum Gasteiger partial charge on any atom is -0.0391 e. The molecule has 32 heavy (non-hydrogen) atoms. The zero-order valence-corrected chi connectivity index (χ0v) is 20.8. The molecule has 0 heteroatoms. The van der Waals surface area contributed by atoms with Gasteiger partial charge in [0.1, 0.15) is 0 Å². The van der Waals surface area contributed by atoms with Gasteiger partial charge < -0.3 is 0 Å². The lowest BCUT2D eigenvalue weighted by molar-refractivity contribution is 0.279. The van der Waals surface area contributed by atoms with Crippen LogP contribution in [0.1, 0.15) is 174 Å². The summed E-state index contributed by atoms with van der Waals surface area (Å²) in [5.74, 6) is 6.00. The molecule has 200 valence electrons. The zero-order chi connectivity index (χ0) is 20.8. The van der Waals surface area contributed by atoms with Crippen molar-refractivity contribution >= 4 is 0 Å². The van der Waals surface area contributed by atoms with Crippen LogP contribution in [0.15, 0.2) is 0 Å². The van der Waals surface area contributed by atoms with Crippen LogP contribution < -0.4 is 0 Å². The summed E-state index contributed by atoms with van der Waals surface area (Å²) in [7, 11) is 0. The van der Waals surface area contributed by atoms with E-state index in [0.29, 0.717) is 0 Å². The van der Waals surface area contributed by atoms with Gasteiger partial charge in [-0.2, -0.15) is 0 Å². The highest BCUT2D eigenvalue weighted by atomic mass is 14.2. The molecule has 0 bridgehead atoms. The third-order valence-electron chi connectivity index (χ3n) is 7.40. The summed E-state index contributed by atoms with van der Waals surface area (Å²) in [4.78, 5) is 0.